The molecule has 0 aromatic heterocycles. The molecule has 3 atom stereocenters. The molecule has 0 radical (unpaired) electrons. The van der Waals surface area contributed by atoms with Crippen LogP contribution in [0.1, 0.15) is 90.9 Å². The highest BCUT2D eigenvalue weighted by Gasteiger charge is 2.25. The van der Waals surface area contributed by atoms with E-state index in [1.165, 1.54) is 38.4 Å². The van der Waals surface area contributed by atoms with Gasteiger partial charge in [0.05, 0.1) is 13.2 Å². The minimum atomic E-state index is -0.228. The molecule has 1 aliphatic rings. The van der Waals surface area contributed by atoms with E-state index in [4.69, 9.17) is 4.74 Å². The lowest BCUT2D eigenvalue weighted by Gasteiger charge is -2.29. The van der Waals surface area contributed by atoms with Crippen LogP contribution in [-0.4, -0.2) is 24.3 Å². The third kappa shape index (κ3) is 9.56. The number of hydrogen-bond acceptors (Lipinski definition) is 3. The maximum Gasteiger partial charge on any atom is 0.305 e. The lowest BCUT2D eigenvalue weighted by atomic mass is 9.79. The van der Waals surface area contributed by atoms with Crippen LogP contribution in [0, 0.1) is 11.8 Å². The minimum absolute atomic E-state index is 0.114. The number of methoxy groups -OCH3 is 1. The van der Waals surface area contributed by atoms with Crippen LogP contribution in [0.25, 0.3) is 0 Å². The summed E-state index contributed by atoms with van der Waals surface area (Å²) in [5, 5.41) is 10.5. The fraction of sp³-hybridized carbons (Fsp3) is 0.783. The Balaban J connectivity index is 2.44. The van der Waals surface area contributed by atoms with Gasteiger partial charge in [-0.1, -0.05) is 56.9 Å². The van der Waals surface area contributed by atoms with E-state index >= 15 is 0 Å². The molecule has 0 aromatic carbocycles. The molecular formula is C23H40O3. The van der Waals surface area contributed by atoms with Gasteiger partial charge in [-0.2, -0.15) is 0 Å². The Labute approximate surface area is 160 Å². The molecule has 1 N–H and O–H groups in total. The summed E-state index contributed by atoms with van der Waals surface area (Å²) in [7, 11) is 1.45. The lowest BCUT2D eigenvalue weighted by Crippen LogP contribution is -2.26. The summed E-state index contributed by atoms with van der Waals surface area (Å²) >= 11 is 0. The zero-order valence-electron chi connectivity index (χ0n) is 17.2. The lowest BCUT2D eigenvalue weighted by molar-refractivity contribution is -0.140. The van der Waals surface area contributed by atoms with Crippen molar-refractivity contribution in [3.05, 3.63) is 23.8 Å². The van der Waals surface area contributed by atoms with E-state index in [2.05, 4.69) is 32.1 Å². The first-order chi connectivity index (χ1) is 12.6. The smallest absolute Gasteiger partial charge is 0.305 e. The van der Waals surface area contributed by atoms with Gasteiger partial charge in [-0.25, -0.2) is 0 Å². The SMILES string of the molecule is CCCCCC/C=C/[C@@H]1C(C)C/C(CCCCC(=O)OC)=C\CC[C@H]1O. The normalized spacial score (nSPS) is 26.2. The number of aliphatic hydroxyl groups excluding tert-OH is 1. The molecule has 0 aromatic rings. The molecule has 0 spiro atoms. The van der Waals surface area contributed by atoms with Crippen molar-refractivity contribution in [3.8, 4) is 0 Å². The Kier molecular flexibility index (Phi) is 12.4. The quantitative estimate of drug-likeness (QED) is 0.279. The van der Waals surface area contributed by atoms with Crippen molar-refractivity contribution < 1.29 is 14.6 Å². The van der Waals surface area contributed by atoms with E-state index < -0.39 is 0 Å². The average Bonchev–Trinajstić information content (AvgIpc) is 2.62. The maximum absolute atomic E-state index is 11.2. The second-order valence-corrected chi connectivity index (χ2v) is 7.83. The van der Waals surface area contributed by atoms with Crippen molar-refractivity contribution >= 4 is 5.97 Å². The molecule has 3 heteroatoms. The summed E-state index contributed by atoms with van der Waals surface area (Å²) in [4.78, 5) is 11.2. The van der Waals surface area contributed by atoms with Crippen molar-refractivity contribution in [3.63, 3.8) is 0 Å². The van der Waals surface area contributed by atoms with E-state index in [1.807, 2.05) is 0 Å². The number of esters is 1. The first-order valence-electron chi connectivity index (χ1n) is 10.7. The summed E-state index contributed by atoms with van der Waals surface area (Å²) in [6.07, 6.45) is 19.3. The second kappa shape index (κ2) is 14.0. The monoisotopic (exact) mass is 364 g/mol. The zero-order valence-corrected chi connectivity index (χ0v) is 17.2. The zero-order chi connectivity index (χ0) is 19.2. The van der Waals surface area contributed by atoms with Gasteiger partial charge in [-0.15, -0.1) is 0 Å². The Morgan fingerprint density at radius 2 is 2.08 bits per heavy atom. The number of unbranched alkanes of at least 4 members (excludes halogenated alkanes) is 5. The molecule has 150 valence electrons. The number of hydrogen-bond donors (Lipinski definition) is 1. The van der Waals surface area contributed by atoms with Gasteiger partial charge in [-0.3, -0.25) is 4.79 Å². The summed E-state index contributed by atoms with van der Waals surface area (Å²) < 4.78 is 4.70. The van der Waals surface area contributed by atoms with Gasteiger partial charge >= 0.3 is 5.97 Å². The largest absolute Gasteiger partial charge is 0.469 e. The summed E-state index contributed by atoms with van der Waals surface area (Å²) in [6, 6.07) is 0. The van der Waals surface area contributed by atoms with E-state index in [0.717, 1.165) is 44.9 Å². The van der Waals surface area contributed by atoms with Gasteiger partial charge in [0.1, 0.15) is 0 Å². The number of allylic oxidation sites excluding steroid dienone is 3. The first kappa shape index (κ1) is 23.0. The minimum Gasteiger partial charge on any atom is -0.469 e. The standard InChI is InChI=1S/C23H40O3/c1-4-5-6-7-8-9-15-21-19(2)18-20(14-12-16-22(21)24)13-10-11-17-23(25)26-3/h9,14-15,19,21-22,24H,4-8,10-13,16-18H2,1-3H3/b15-9+,20-14-/t19?,21-,22-/m1/s1. The average molecular weight is 365 g/mol. The van der Waals surface area contributed by atoms with Crippen LogP contribution in [0.4, 0.5) is 0 Å². The molecule has 26 heavy (non-hydrogen) atoms. The molecule has 1 unspecified atom stereocenters. The van der Waals surface area contributed by atoms with Crippen molar-refractivity contribution in [1.82, 2.24) is 0 Å². The van der Waals surface area contributed by atoms with Crippen LogP contribution in [0.3, 0.4) is 0 Å². The molecule has 0 fully saturated rings. The molecule has 0 aliphatic heterocycles. The molecule has 0 heterocycles. The number of carbonyl (C=O) groups excluding carboxylic acids is 1. The van der Waals surface area contributed by atoms with Crippen LogP contribution >= 0.6 is 0 Å². The molecule has 0 saturated carbocycles. The van der Waals surface area contributed by atoms with Crippen molar-refractivity contribution in [2.45, 2.75) is 97.0 Å². The van der Waals surface area contributed by atoms with Gasteiger partial charge in [-0.05, 0) is 57.3 Å². The molecule has 1 aliphatic carbocycles. The fourth-order valence-corrected chi connectivity index (χ4v) is 3.85. The Morgan fingerprint density at radius 3 is 2.81 bits per heavy atom. The predicted molar refractivity (Wildman–Crippen MR) is 109 cm³/mol. The second-order valence-electron chi connectivity index (χ2n) is 7.83. The van der Waals surface area contributed by atoms with Gasteiger partial charge in [0.15, 0.2) is 0 Å². The van der Waals surface area contributed by atoms with E-state index in [1.54, 1.807) is 0 Å². The first-order valence-corrected chi connectivity index (χ1v) is 10.7. The Hall–Kier alpha value is -1.09. The highest BCUT2D eigenvalue weighted by molar-refractivity contribution is 5.68. The summed E-state index contributed by atoms with van der Waals surface area (Å²) in [5.74, 6) is 0.612. The Morgan fingerprint density at radius 1 is 1.27 bits per heavy atom. The summed E-state index contributed by atoms with van der Waals surface area (Å²) in [5.41, 5.74) is 1.50. The molecule has 3 nitrogen and oxygen atoms in total. The summed E-state index contributed by atoms with van der Waals surface area (Å²) in [6.45, 7) is 4.51. The van der Waals surface area contributed by atoms with Gasteiger partial charge in [0.25, 0.3) is 0 Å². The maximum atomic E-state index is 11.2. The molecular weight excluding hydrogens is 324 g/mol. The third-order valence-electron chi connectivity index (χ3n) is 5.52. The van der Waals surface area contributed by atoms with Crippen molar-refractivity contribution in [1.29, 1.82) is 0 Å². The number of ether oxygens (including phenoxy) is 1. The van der Waals surface area contributed by atoms with Crippen LogP contribution in [0.5, 0.6) is 0 Å². The highest BCUT2D eigenvalue weighted by atomic mass is 16.5. The van der Waals surface area contributed by atoms with Crippen LogP contribution < -0.4 is 0 Å². The number of carbonyl (C=O) groups is 1. The van der Waals surface area contributed by atoms with Gasteiger partial charge in [0.2, 0.25) is 0 Å². The molecule has 0 saturated heterocycles. The fourth-order valence-electron chi connectivity index (χ4n) is 3.85. The third-order valence-corrected chi connectivity index (χ3v) is 5.52. The van der Waals surface area contributed by atoms with E-state index in [9.17, 15) is 9.90 Å². The van der Waals surface area contributed by atoms with Crippen LogP contribution in [0.15, 0.2) is 23.8 Å². The topological polar surface area (TPSA) is 46.5 Å². The van der Waals surface area contributed by atoms with Crippen molar-refractivity contribution in [2.24, 2.45) is 11.8 Å². The molecule has 0 amide bonds. The number of aliphatic hydroxyl groups is 1. The number of rotatable bonds is 11. The van der Waals surface area contributed by atoms with E-state index in [0.29, 0.717) is 12.3 Å². The molecule has 0 bridgehead atoms. The van der Waals surface area contributed by atoms with Gasteiger partial charge < -0.3 is 9.84 Å². The molecule has 1 rings (SSSR count). The van der Waals surface area contributed by atoms with Crippen molar-refractivity contribution in [2.75, 3.05) is 7.11 Å². The highest BCUT2D eigenvalue weighted by Crippen LogP contribution is 2.31. The van der Waals surface area contributed by atoms with Crippen LogP contribution in [-0.2, 0) is 9.53 Å². The Bertz CT molecular complexity index is 439. The van der Waals surface area contributed by atoms with Crippen LogP contribution in [0.2, 0.25) is 0 Å². The van der Waals surface area contributed by atoms with Gasteiger partial charge in [0, 0.05) is 12.3 Å². The van der Waals surface area contributed by atoms with E-state index in [-0.39, 0.29) is 18.0 Å². The predicted octanol–water partition coefficient (Wildman–Crippen LogP) is 5.97.